The maximum Gasteiger partial charge on any atom is 0.335 e. The van der Waals surface area contributed by atoms with E-state index in [0.29, 0.717) is 33.7 Å². The first-order chi connectivity index (χ1) is 41.6. The third kappa shape index (κ3) is 12.3. The third-order valence-electron chi connectivity index (χ3n) is 15.5. The zero-order chi connectivity index (χ0) is 60.2. The molecule has 4 aromatic heterocycles. The van der Waals surface area contributed by atoms with Crippen LogP contribution >= 0.6 is 0 Å². The number of ether oxygens (including phenoxy) is 2. The van der Waals surface area contributed by atoms with Gasteiger partial charge in [-0.3, -0.25) is 0 Å². The molecule has 2 aliphatic rings. The van der Waals surface area contributed by atoms with Gasteiger partial charge in [0.2, 0.25) is 11.8 Å². The summed E-state index contributed by atoms with van der Waals surface area (Å²) in [4.78, 5) is 41.2. The second-order valence-electron chi connectivity index (χ2n) is 21.0. The summed E-state index contributed by atoms with van der Waals surface area (Å²) in [7, 11) is 0. The molecule has 86 heavy (non-hydrogen) atoms. The van der Waals surface area contributed by atoms with Crippen LogP contribution in [-0.2, 0) is 26.1 Å². The fourth-order valence-corrected chi connectivity index (χ4v) is 11.2. The lowest BCUT2D eigenvalue weighted by Crippen LogP contribution is -2.11. The van der Waals surface area contributed by atoms with Gasteiger partial charge in [-0.2, -0.15) is 10.5 Å². The minimum absolute atomic E-state index is 0.0172. The summed E-state index contributed by atoms with van der Waals surface area (Å²) < 4.78 is 106. The van der Waals surface area contributed by atoms with E-state index in [-0.39, 0.29) is 117 Å². The number of halogens is 6. The van der Waals surface area contributed by atoms with Crippen molar-refractivity contribution in [2.24, 2.45) is 0 Å². The number of carbonyl (C=O) groups is 2. The first kappa shape index (κ1) is 57.5. The Hall–Kier alpha value is -10.3. The van der Waals surface area contributed by atoms with Gasteiger partial charge in [0.05, 0.1) is 67.8 Å². The topological polar surface area (TPSA) is 202 Å². The van der Waals surface area contributed by atoms with Gasteiger partial charge in [0.25, 0.3) is 0 Å². The van der Waals surface area contributed by atoms with E-state index in [0.717, 1.165) is 87.8 Å². The molecule has 2 N–H and O–H groups in total. The molecule has 10 aromatic rings. The zero-order valence-corrected chi connectivity index (χ0v) is 45.7. The average molecular weight is 1170 g/mol. The van der Waals surface area contributed by atoms with Gasteiger partial charge in [0.1, 0.15) is 59.8 Å². The van der Waals surface area contributed by atoms with Crippen molar-refractivity contribution in [1.29, 1.82) is 10.5 Å². The number of nitrogens with zero attached hydrogens (tertiary/aromatic N) is 8. The Bertz CT molecular complexity index is 4090. The van der Waals surface area contributed by atoms with E-state index in [9.17, 15) is 28.6 Å². The number of fused-ring (bicyclic) bond motifs is 2. The lowest BCUT2D eigenvalue weighted by atomic mass is 10.0. The van der Waals surface area contributed by atoms with Crippen LogP contribution in [0, 0.1) is 57.6 Å². The van der Waals surface area contributed by atoms with Gasteiger partial charge in [0.15, 0.2) is 0 Å². The molecule has 0 spiro atoms. The highest BCUT2D eigenvalue weighted by molar-refractivity contribution is 5.93. The molecule has 12 rings (SSSR count). The van der Waals surface area contributed by atoms with Crippen molar-refractivity contribution < 1.29 is 55.6 Å². The molecule has 0 atom stereocenters. The van der Waals surface area contributed by atoms with Crippen LogP contribution in [0.2, 0.25) is 0 Å². The summed E-state index contributed by atoms with van der Waals surface area (Å²) in [5.41, 5.74) is 4.00. The summed E-state index contributed by atoms with van der Waals surface area (Å²) in [6, 6.07) is 35.1. The number of carboxylic acid groups (broad SMARTS) is 2. The molecule has 2 aliphatic carbocycles. The van der Waals surface area contributed by atoms with E-state index in [4.69, 9.17) is 20.0 Å². The van der Waals surface area contributed by atoms with Crippen molar-refractivity contribution in [3.63, 3.8) is 0 Å². The molecule has 0 radical (unpaired) electrons. The van der Waals surface area contributed by atoms with E-state index in [1.165, 1.54) is 60.7 Å². The second kappa shape index (κ2) is 24.9. The standard InChI is InChI=1S/2C33H25F3N4O3/c2*34-25-12-19(17-37)8-9-21(25)18-43-32-7-3-6-28(39-32)24-16-26(35)22(13-27(24)36)15-31-38-29-11-10-20(33(41)42)14-30(29)40(31)23-4-1-2-5-23/h2*3,6-14,16,23H,1-2,4-5,15,18H2,(H,41,42). The Kier molecular flexibility index (Phi) is 16.6. The highest BCUT2D eigenvalue weighted by Crippen LogP contribution is 2.38. The normalized spacial score (nSPS) is 13.3. The van der Waals surface area contributed by atoms with Gasteiger partial charge >= 0.3 is 11.9 Å². The summed E-state index contributed by atoms with van der Waals surface area (Å²) >= 11 is 0. The van der Waals surface area contributed by atoms with Crippen LogP contribution in [0.1, 0.15) is 129 Å². The van der Waals surface area contributed by atoms with Crippen molar-refractivity contribution >= 4 is 34.0 Å². The van der Waals surface area contributed by atoms with Gasteiger partial charge in [-0.15, -0.1) is 0 Å². The summed E-state index contributed by atoms with van der Waals surface area (Å²) in [5, 5.41) is 36.8. The number of rotatable bonds is 16. The molecular formula is C66H50F6N8O6. The summed E-state index contributed by atoms with van der Waals surface area (Å²) in [5.74, 6) is -4.66. The third-order valence-corrected chi connectivity index (χ3v) is 15.5. The Morgan fingerprint density at radius 3 is 1.24 bits per heavy atom. The molecular weight excluding hydrogens is 1110 g/mol. The van der Waals surface area contributed by atoms with Gasteiger partial charge in [-0.25, -0.2) is 55.9 Å². The molecule has 4 heterocycles. The number of aromatic nitrogens is 6. The van der Waals surface area contributed by atoms with Crippen molar-refractivity contribution in [1.82, 2.24) is 29.1 Å². The minimum Gasteiger partial charge on any atom is -0.478 e. The molecule has 14 nitrogen and oxygen atoms in total. The number of hydrogen-bond acceptors (Lipinski definition) is 10. The summed E-state index contributed by atoms with van der Waals surface area (Å²) in [6.45, 7) is -0.334. The molecule has 20 heteroatoms. The molecule has 2 fully saturated rings. The number of hydrogen-bond donors (Lipinski definition) is 2. The van der Waals surface area contributed by atoms with Crippen LogP contribution in [0.4, 0.5) is 26.3 Å². The van der Waals surface area contributed by atoms with Crippen LogP contribution < -0.4 is 9.47 Å². The largest absolute Gasteiger partial charge is 0.478 e. The zero-order valence-electron chi connectivity index (χ0n) is 45.7. The summed E-state index contributed by atoms with van der Waals surface area (Å²) in [6.07, 6.45) is 7.72. The fourth-order valence-electron chi connectivity index (χ4n) is 11.2. The van der Waals surface area contributed by atoms with E-state index in [2.05, 4.69) is 19.9 Å². The first-order valence-electron chi connectivity index (χ1n) is 27.6. The van der Waals surface area contributed by atoms with Crippen LogP contribution in [0.5, 0.6) is 11.8 Å². The quantitative estimate of drug-likeness (QED) is 0.0868. The van der Waals surface area contributed by atoms with Crippen LogP contribution in [0.25, 0.3) is 44.6 Å². The van der Waals surface area contributed by atoms with E-state index < -0.39 is 46.8 Å². The van der Waals surface area contributed by atoms with Crippen molar-refractivity contribution in [2.45, 2.75) is 89.5 Å². The Morgan fingerprint density at radius 2 is 0.872 bits per heavy atom. The van der Waals surface area contributed by atoms with E-state index >= 15 is 17.6 Å². The highest BCUT2D eigenvalue weighted by Gasteiger charge is 2.27. The lowest BCUT2D eigenvalue weighted by molar-refractivity contribution is 0.0686. The molecule has 6 aromatic carbocycles. The predicted molar refractivity (Wildman–Crippen MR) is 304 cm³/mol. The number of imidazole rings is 2. The molecule has 0 saturated heterocycles. The van der Waals surface area contributed by atoms with Crippen LogP contribution in [0.15, 0.2) is 133 Å². The maximum absolute atomic E-state index is 15.5. The van der Waals surface area contributed by atoms with E-state index in [1.54, 1.807) is 36.4 Å². The minimum atomic E-state index is -1.05. The Morgan fingerprint density at radius 1 is 0.477 bits per heavy atom. The van der Waals surface area contributed by atoms with Gasteiger partial charge < -0.3 is 28.8 Å². The van der Waals surface area contributed by atoms with Gasteiger partial charge in [-0.05, 0) is 134 Å². The smallest absolute Gasteiger partial charge is 0.335 e. The lowest BCUT2D eigenvalue weighted by Gasteiger charge is -2.17. The maximum atomic E-state index is 15.5. The predicted octanol–water partition coefficient (Wildman–Crippen LogP) is 14.7. The number of pyridine rings is 2. The fraction of sp³-hybridized carbons (Fsp3) is 0.212. The Labute approximate surface area is 487 Å². The SMILES string of the molecule is N#Cc1ccc(COc2cccc(-c3cc(F)c(Cc4nc5ccc(C(=O)O)cc5n4C4CCCC4)cc3F)n2)c(F)c1.N#Cc1ccc(COc2cccc(-c3cc(F)c(Cc4nc5ccc(C(=O)O)cc5n4C4CCCC4)cc3F)n2)c(F)c1. The van der Waals surface area contributed by atoms with Crippen molar-refractivity contribution in [3.8, 4) is 46.4 Å². The average Bonchev–Trinajstić information content (AvgIpc) is 2.17. The molecule has 2 saturated carbocycles. The second-order valence-corrected chi connectivity index (χ2v) is 21.0. The monoisotopic (exact) mass is 1160 g/mol. The number of nitriles is 2. The Balaban J connectivity index is 0.000000179. The van der Waals surface area contributed by atoms with Gasteiger partial charge in [0, 0.05) is 59.3 Å². The molecule has 0 aliphatic heterocycles. The highest BCUT2D eigenvalue weighted by atomic mass is 19.1. The molecule has 0 unspecified atom stereocenters. The number of benzene rings is 6. The molecule has 432 valence electrons. The van der Waals surface area contributed by atoms with Crippen molar-refractivity contribution in [3.05, 3.63) is 225 Å². The van der Waals surface area contributed by atoms with Crippen LogP contribution in [-0.4, -0.2) is 51.2 Å². The van der Waals surface area contributed by atoms with Crippen molar-refractivity contribution in [2.75, 3.05) is 0 Å². The molecule has 0 amide bonds. The first-order valence-corrected chi connectivity index (χ1v) is 27.6. The number of carboxylic acids is 2. The van der Waals surface area contributed by atoms with E-state index in [1.807, 2.05) is 21.3 Å². The number of aromatic carboxylic acids is 2. The van der Waals surface area contributed by atoms with Gasteiger partial charge in [-0.1, -0.05) is 49.9 Å². The molecule has 0 bridgehead atoms. The van der Waals surface area contributed by atoms with Crippen LogP contribution in [0.3, 0.4) is 0 Å².